The number of hydrogen-bond acceptors (Lipinski definition) is 4. The van der Waals surface area contributed by atoms with Crippen molar-refractivity contribution in [3.05, 3.63) is 0 Å². The second-order valence-corrected chi connectivity index (χ2v) is 7.36. The summed E-state index contributed by atoms with van der Waals surface area (Å²) >= 11 is 0. The van der Waals surface area contributed by atoms with Gasteiger partial charge in [0.1, 0.15) is 11.9 Å². The van der Waals surface area contributed by atoms with Gasteiger partial charge in [-0.25, -0.2) is 13.6 Å². The Hall–Kier alpha value is -0.620. The molecule has 0 aromatic heterocycles. The summed E-state index contributed by atoms with van der Waals surface area (Å²) in [7, 11) is -3.60. The number of nitrogens with two attached hydrogens (primary N) is 1. The van der Waals surface area contributed by atoms with Crippen LogP contribution >= 0.6 is 0 Å². The van der Waals surface area contributed by atoms with Crippen LogP contribution in [0.2, 0.25) is 0 Å². The van der Waals surface area contributed by atoms with Gasteiger partial charge in [-0.05, 0) is 31.6 Å². The van der Waals surface area contributed by atoms with Crippen LogP contribution in [0.25, 0.3) is 0 Å². The maximum Gasteiger partial charge on any atom is 0.306 e. The predicted octanol–water partition coefficient (Wildman–Crippen LogP) is 1.18. The Bertz CT molecular complexity index is 423. The lowest BCUT2D eigenvalue weighted by Crippen LogP contribution is -2.41. The van der Waals surface area contributed by atoms with Gasteiger partial charge in [-0.2, -0.15) is 0 Å². The summed E-state index contributed by atoms with van der Waals surface area (Å²) in [6, 6.07) is 0. The van der Waals surface area contributed by atoms with Crippen LogP contribution in [0.1, 0.15) is 45.4 Å². The summed E-state index contributed by atoms with van der Waals surface area (Å²) in [5.74, 6) is 0.176. The van der Waals surface area contributed by atoms with E-state index in [1.54, 1.807) is 0 Å². The van der Waals surface area contributed by atoms with E-state index in [1.807, 2.05) is 0 Å². The average Bonchev–Trinajstić information content (AvgIpc) is 2.54. The molecule has 6 heteroatoms. The van der Waals surface area contributed by atoms with Gasteiger partial charge in [-0.3, -0.25) is 4.79 Å². The van der Waals surface area contributed by atoms with E-state index in [9.17, 15) is 13.2 Å². The Balaban J connectivity index is 2.12. The molecule has 2 rings (SSSR count). The van der Waals surface area contributed by atoms with Gasteiger partial charge in [0.15, 0.2) is 0 Å². The highest BCUT2D eigenvalue weighted by Crippen LogP contribution is 2.49. The van der Waals surface area contributed by atoms with Crippen LogP contribution < -0.4 is 5.14 Å². The molecule has 1 saturated carbocycles. The largest absolute Gasteiger partial charge is 0.461 e. The molecule has 2 fully saturated rings. The minimum Gasteiger partial charge on any atom is -0.461 e. The van der Waals surface area contributed by atoms with E-state index in [1.165, 1.54) is 0 Å². The Morgan fingerprint density at radius 2 is 2.00 bits per heavy atom. The fourth-order valence-electron chi connectivity index (χ4n) is 3.31. The Morgan fingerprint density at radius 1 is 1.39 bits per heavy atom. The summed E-state index contributed by atoms with van der Waals surface area (Å²) in [4.78, 5) is 11.5. The van der Waals surface area contributed by atoms with Crippen molar-refractivity contribution in [2.45, 2.75) is 51.6 Å². The molecule has 1 saturated heterocycles. The van der Waals surface area contributed by atoms with Crippen molar-refractivity contribution in [2.75, 3.05) is 5.75 Å². The van der Waals surface area contributed by atoms with Gasteiger partial charge in [0, 0.05) is 5.41 Å². The molecule has 1 heterocycles. The molecule has 1 unspecified atom stereocenters. The molecule has 5 nitrogen and oxygen atoms in total. The van der Waals surface area contributed by atoms with Crippen LogP contribution in [0.4, 0.5) is 0 Å². The van der Waals surface area contributed by atoms with Gasteiger partial charge < -0.3 is 4.74 Å². The van der Waals surface area contributed by atoms with E-state index in [2.05, 4.69) is 6.92 Å². The van der Waals surface area contributed by atoms with Crippen LogP contribution in [-0.2, 0) is 19.6 Å². The zero-order chi connectivity index (χ0) is 13.4. The van der Waals surface area contributed by atoms with Crippen molar-refractivity contribution < 1.29 is 17.9 Å². The minimum absolute atomic E-state index is 0.241. The highest BCUT2D eigenvalue weighted by molar-refractivity contribution is 7.89. The van der Waals surface area contributed by atoms with Crippen molar-refractivity contribution in [1.29, 1.82) is 0 Å². The van der Waals surface area contributed by atoms with Crippen LogP contribution in [0, 0.1) is 11.3 Å². The third-order valence-electron chi connectivity index (χ3n) is 4.52. The normalized spacial score (nSPS) is 36.9. The standard InChI is InChI=1S/C12H21NO4S/c1-2-9-3-5-12(6-4-9)7-11(14)17-10(12)8-18(13,15)16/h9-10H,2-8H2,1H3,(H2,13,15,16). The number of carbonyl (C=O) groups is 1. The molecule has 18 heavy (non-hydrogen) atoms. The van der Waals surface area contributed by atoms with Crippen molar-refractivity contribution in [3.8, 4) is 0 Å². The quantitative estimate of drug-likeness (QED) is 0.783. The zero-order valence-electron chi connectivity index (χ0n) is 10.7. The predicted molar refractivity (Wildman–Crippen MR) is 67.2 cm³/mol. The Kier molecular flexibility index (Phi) is 3.69. The van der Waals surface area contributed by atoms with Gasteiger partial charge in [-0.1, -0.05) is 13.3 Å². The molecule has 0 radical (unpaired) electrons. The molecule has 2 N–H and O–H groups in total. The summed E-state index contributed by atoms with van der Waals surface area (Å²) in [6.07, 6.45) is 4.80. The average molecular weight is 275 g/mol. The van der Waals surface area contributed by atoms with Gasteiger partial charge in [0.05, 0.1) is 6.42 Å². The van der Waals surface area contributed by atoms with E-state index >= 15 is 0 Å². The van der Waals surface area contributed by atoms with E-state index in [0.717, 1.165) is 32.1 Å². The molecular weight excluding hydrogens is 254 g/mol. The summed E-state index contributed by atoms with van der Waals surface area (Å²) in [5.41, 5.74) is -0.283. The summed E-state index contributed by atoms with van der Waals surface area (Å²) < 4.78 is 27.7. The molecule has 1 atom stereocenters. The van der Waals surface area contributed by atoms with Crippen LogP contribution in [0.15, 0.2) is 0 Å². The van der Waals surface area contributed by atoms with E-state index in [4.69, 9.17) is 9.88 Å². The molecule has 0 aromatic rings. The maximum atomic E-state index is 11.5. The summed E-state index contributed by atoms with van der Waals surface area (Å²) in [6.45, 7) is 2.17. The molecule has 0 aromatic carbocycles. The number of primary sulfonamides is 1. The van der Waals surface area contributed by atoms with E-state index in [0.29, 0.717) is 12.3 Å². The fraction of sp³-hybridized carbons (Fsp3) is 0.917. The molecule has 1 spiro atoms. The van der Waals surface area contributed by atoms with Crippen molar-refractivity contribution in [2.24, 2.45) is 16.5 Å². The highest BCUT2D eigenvalue weighted by Gasteiger charge is 2.51. The van der Waals surface area contributed by atoms with Crippen molar-refractivity contribution in [1.82, 2.24) is 0 Å². The second kappa shape index (κ2) is 4.81. The first-order chi connectivity index (χ1) is 8.35. The number of carbonyl (C=O) groups excluding carboxylic acids is 1. The molecule has 1 aliphatic carbocycles. The third kappa shape index (κ3) is 2.85. The first-order valence-electron chi connectivity index (χ1n) is 6.54. The lowest BCUT2D eigenvalue weighted by molar-refractivity contribution is -0.141. The number of esters is 1. The van der Waals surface area contributed by atoms with Gasteiger partial charge >= 0.3 is 5.97 Å². The lowest BCUT2D eigenvalue weighted by Gasteiger charge is -2.38. The molecular formula is C12H21NO4S. The van der Waals surface area contributed by atoms with Gasteiger partial charge in [0.2, 0.25) is 10.0 Å². The smallest absolute Gasteiger partial charge is 0.306 e. The van der Waals surface area contributed by atoms with Gasteiger partial charge in [0.25, 0.3) is 0 Å². The Morgan fingerprint density at radius 3 is 2.50 bits per heavy atom. The van der Waals surface area contributed by atoms with Crippen LogP contribution in [0.5, 0.6) is 0 Å². The lowest BCUT2D eigenvalue weighted by atomic mass is 9.66. The maximum absolute atomic E-state index is 11.5. The van der Waals surface area contributed by atoms with Gasteiger partial charge in [-0.15, -0.1) is 0 Å². The highest BCUT2D eigenvalue weighted by atomic mass is 32.2. The van der Waals surface area contributed by atoms with E-state index in [-0.39, 0.29) is 17.1 Å². The minimum atomic E-state index is -3.60. The first-order valence-corrected chi connectivity index (χ1v) is 8.26. The molecule has 104 valence electrons. The number of hydrogen-bond donors (Lipinski definition) is 1. The third-order valence-corrected chi connectivity index (χ3v) is 5.28. The second-order valence-electron chi connectivity index (χ2n) is 5.70. The first kappa shape index (κ1) is 13.8. The Labute approximate surface area is 108 Å². The zero-order valence-corrected chi connectivity index (χ0v) is 11.5. The molecule has 2 aliphatic rings. The molecule has 0 amide bonds. The fourth-order valence-corrected chi connectivity index (χ4v) is 4.15. The summed E-state index contributed by atoms with van der Waals surface area (Å²) in [5, 5.41) is 5.09. The topological polar surface area (TPSA) is 86.5 Å². The SMILES string of the molecule is CCC1CCC2(CC1)CC(=O)OC2CS(N)(=O)=O. The van der Waals surface area contributed by atoms with Crippen molar-refractivity contribution >= 4 is 16.0 Å². The van der Waals surface area contributed by atoms with Crippen molar-refractivity contribution in [3.63, 3.8) is 0 Å². The number of sulfonamides is 1. The molecule has 0 bridgehead atoms. The van der Waals surface area contributed by atoms with Crippen LogP contribution in [0.3, 0.4) is 0 Å². The van der Waals surface area contributed by atoms with Crippen LogP contribution in [-0.4, -0.2) is 26.2 Å². The number of cyclic esters (lactones) is 1. The molecule has 1 aliphatic heterocycles. The number of rotatable bonds is 3. The number of ether oxygens (including phenoxy) is 1. The monoisotopic (exact) mass is 275 g/mol. The van der Waals surface area contributed by atoms with E-state index < -0.39 is 16.1 Å².